The zero-order chi connectivity index (χ0) is 19.8. The van der Waals surface area contributed by atoms with Crippen molar-refractivity contribution >= 4 is 11.6 Å². The summed E-state index contributed by atoms with van der Waals surface area (Å²) < 4.78 is 5.39. The Morgan fingerprint density at radius 3 is 2.32 bits per heavy atom. The highest BCUT2D eigenvalue weighted by Crippen LogP contribution is 2.26. The first-order chi connectivity index (χ1) is 13.7. The lowest BCUT2D eigenvalue weighted by Gasteiger charge is -2.20. The molecule has 0 aromatic heterocycles. The Hall–Kier alpha value is -3.11. The topological polar surface area (TPSA) is 50.4 Å². The van der Waals surface area contributed by atoms with Crippen LogP contribution in [0.5, 0.6) is 5.75 Å². The number of carbonyl (C=O) groups excluding carboxylic acids is 1. The Morgan fingerprint density at radius 1 is 0.964 bits per heavy atom. The average Bonchev–Trinajstić information content (AvgIpc) is 2.73. The van der Waals surface area contributed by atoms with E-state index in [-0.39, 0.29) is 5.91 Å². The molecule has 2 N–H and O–H groups in total. The van der Waals surface area contributed by atoms with Crippen molar-refractivity contribution < 1.29 is 9.53 Å². The Bertz CT molecular complexity index is 895. The lowest BCUT2D eigenvalue weighted by Crippen LogP contribution is -2.34. The van der Waals surface area contributed by atoms with Crippen molar-refractivity contribution in [2.45, 2.75) is 19.4 Å². The van der Waals surface area contributed by atoms with E-state index in [0.717, 1.165) is 17.5 Å². The van der Waals surface area contributed by atoms with Gasteiger partial charge in [0, 0.05) is 6.54 Å². The number of methoxy groups -OCH3 is 1. The van der Waals surface area contributed by atoms with Crippen molar-refractivity contribution in [3.8, 4) is 5.75 Å². The predicted octanol–water partition coefficient (Wildman–Crippen LogP) is 4.52. The summed E-state index contributed by atoms with van der Waals surface area (Å²) in [5, 5.41) is 6.43. The second kappa shape index (κ2) is 9.72. The number of carbonyl (C=O) groups is 1. The average molecular weight is 374 g/mol. The highest BCUT2D eigenvalue weighted by molar-refractivity contribution is 5.96. The molecule has 4 nitrogen and oxygen atoms in total. The molecule has 1 amide bonds. The van der Waals surface area contributed by atoms with E-state index in [1.165, 1.54) is 5.56 Å². The summed E-state index contributed by atoms with van der Waals surface area (Å²) in [6, 6.07) is 25.3. The van der Waals surface area contributed by atoms with Gasteiger partial charge in [-0.3, -0.25) is 4.79 Å². The third-order valence-electron chi connectivity index (χ3n) is 4.61. The van der Waals surface area contributed by atoms with E-state index >= 15 is 0 Å². The van der Waals surface area contributed by atoms with E-state index < -0.39 is 6.04 Å². The van der Waals surface area contributed by atoms with Gasteiger partial charge in [-0.1, -0.05) is 66.7 Å². The second-order valence-electron chi connectivity index (χ2n) is 6.73. The fourth-order valence-corrected chi connectivity index (χ4v) is 3.14. The van der Waals surface area contributed by atoms with Gasteiger partial charge in [0.25, 0.3) is 0 Å². The molecule has 0 saturated heterocycles. The van der Waals surface area contributed by atoms with Gasteiger partial charge in [0.1, 0.15) is 11.8 Å². The molecule has 1 atom stereocenters. The van der Waals surface area contributed by atoms with Gasteiger partial charge in [0.2, 0.25) is 5.91 Å². The molecule has 3 rings (SSSR count). The van der Waals surface area contributed by atoms with Crippen LogP contribution >= 0.6 is 0 Å². The summed E-state index contributed by atoms with van der Waals surface area (Å²) in [7, 11) is 1.60. The van der Waals surface area contributed by atoms with Crippen LogP contribution in [0.2, 0.25) is 0 Å². The monoisotopic (exact) mass is 374 g/mol. The summed E-state index contributed by atoms with van der Waals surface area (Å²) in [4.78, 5) is 13.1. The van der Waals surface area contributed by atoms with E-state index in [1.807, 2.05) is 73.7 Å². The molecule has 0 aliphatic heterocycles. The Balaban J connectivity index is 1.75. The number of ether oxygens (including phenoxy) is 1. The summed E-state index contributed by atoms with van der Waals surface area (Å²) in [6.45, 7) is 2.68. The molecule has 3 aromatic rings. The molecule has 0 fully saturated rings. The van der Waals surface area contributed by atoms with E-state index in [9.17, 15) is 4.79 Å². The smallest absolute Gasteiger partial charge is 0.246 e. The minimum atomic E-state index is -0.449. The molecule has 144 valence electrons. The van der Waals surface area contributed by atoms with Crippen LogP contribution < -0.4 is 15.4 Å². The molecule has 0 aliphatic carbocycles. The van der Waals surface area contributed by atoms with Gasteiger partial charge in [-0.25, -0.2) is 0 Å². The lowest BCUT2D eigenvalue weighted by atomic mass is 10.0. The molecular formula is C24H26N2O2. The van der Waals surface area contributed by atoms with Crippen LogP contribution in [0.25, 0.3) is 0 Å². The van der Waals surface area contributed by atoms with E-state index in [2.05, 4.69) is 22.8 Å². The van der Waals surface area contributed by atoms with Gasteiger partial charge in [-0.15, -0.1) is 0 Å². The lowest BCUT2D eigenvalue weighted by molar-refractivity contribution is -0.118. The van der Waals surface area contributed by atoms with Gasteiger partial charge in [-0.2, -0.15) is 0 Å². The van der Waals surface area contributed by atoms with Crippen LogP contribution in [-0.2, 0) is 11.2 Å². The van der Waals surface area contributed by atoms with Crippen LogP contribution in [-0.4, -0.2) is 19.6 Å². The highest BCUT2D eigenvalue weighted by atomic mass is 16.5. The molecule has 0 saturated carbocycles. The molecule has 0 bridgehead atoms. The summed E-state index contributed by atoms with van der Waals surface area (Å²) >= 11 is 0. The fraction of sp³-hybridized carbons (Fsp3) is 0.208. The van der Waals surface area contributed by atoms with Gasteiger partial charge in [-0.05, 0) is 42.2 Å². The SMILES string of the molecule is COc1ccc(C)cc1NC(=O)[C@H](NCCc1ccccc1)c1ccccc1. The molecular weight excluding hydrogens is 348 g/mol. The number of benzene rings is 3. The zero-order valence-corrected chi connectivity index (χ0v) is 16.3. The van der Waals surface area contributed by atoms with Crippen LogP contribution in [0.1, 0.15) is 22.7 Å². The molecule has 0 unspecified atom stereocenters. The summed E-state index contributed by atoms with van der Waals surface area (Å²) in [6.07, 6.45) is 0.852. The number of hydrogen-bond donors (Lipinski definition) is 2. The first kappa shape index (κ1) is 19.6. The van der Waals surface area contributed by atoms with Crippen molar-refractivity contribution in [1.29, 1.82) is 0 Å². The van der Waals surface area contributed by atoms with Crippen LogP contribution in [0.4, 0.5) is 5.69 Å². The third-order valence-corrected chi connectivity index (χ3v) is 4.61. The molecule has 28 heavy (non-hydrogen) atoms. The Morgan fingerprint density at radius 2 is 1.64 bits per heavy atom. The molecule has 0 spiro atoms. The zero-order valence-electron chi connectivity index (χ0n) is 16.3. The van der Waals surface area contributed by atoms with E-state index in [4.69, 9.17) is 4.74 Å². The number of hydrogen-bond acceptors (Lipinski definition) is 3. The number of aryl methyl sites for hydroxylation is 1. The van der Waals surface area contributed by atoms with E-state index in [1.54, 1.807) is 7.11 Å². The number of amides is 1. The Kier molecular flexibility index (Phi) is 6.82. The molecule has 4 heteroatoms. The van der Waals surface area contributed by atoms with Crippen LogP contribution in [0.15, 0.2) is 78.9 Å². The molecule has 0 heterocycles. The molecule has 0 radical (unpaired) electrons. The van der Waals surface area contributed by atoms with Crippen molar-refractivity contribution in [1.82, 2.24) is 5.32 Å². The quantitative estimate of drug-likeness (QED) is 0.610. The van der Waals surface area contributed by atoms with E-state index in [0.29, 0.717) is 18.0 Å². The standard InChI is InChI=1S/C24H26N2O2/c1-18-13-14-22(28-2)21(17-18)26-24(27)23(20-11-7-4-8-12-20)25-16-15-19-9-5-3-6-10-19/h3-14,17,23,25H,15-16H2,1-2H3,(H,26,27)/t23-/m1/s1. The molecule has 0 aliphatic rings. The van der Waals surface area contributed by atoms with Gasteiger partial charge in [0.05, 0.1) is 12.8 Å². The maximum atomic E-state index is 13.1. The van der Waals surface area contributed by atoms with Crippen molar-refractivity contribution in [3.63, 3.8) is 0 Å². The molecule has 3 aromatic carbocycles. The van der Waals surface area contributed by atoms with Crippen molar-refractivity contribution in [2.75, 3.05) is 19.0 Å². The van der Waals surface area contributed by atoms with Crippen molar-refractivity contribution in [2.24, 2.45) is 0 Å². The first-order valence-electron chi connectivity index (χ1n) is 9.45. The predicted molar refractivity (Wildman–Crippen MR) is 114 cm³/mol. The largest absolute Gasteiger partial charge is 0.495 e. The Labute approximate surface area is 166 Å². The van der Waals surface area contributed by atoms with Crippen molar-refractivity contribution in [3.05, 3.63) is 95.6 Å². The second-order valence-corrected chi connectivity index (χ2v) is 6.73. The maximum absolute atomic E-state index is 13.1. The minimum absolute atomic E-state index is 0.108. The summed E-state index contributed by atoms with van der Waals surface area (Å²) in [5.41, 5.74) is 3.91. The number of nitrogens with one attached hydrogen (secondary N) is 2. The van der Waals surface area contributed by atoms with Gasteiger partial charge < -0.3 is 15.4 Å². The summed E-state index contributed by atoms with van der Waals surface area (Å²) in [5.74, 6) is 0.540. The van der Waals surface area contributed by atoms with Crippen LogP contribution in [0.3, 0.4) is 0 Å². The third kappa shape index (κ3) is 5.21. The highest BCUT2D eigenvalue weighted by Gasteiger charge is 2.21. The fourth-order valence-electron chi connectivity index (χ4n) is 3.14. The minimum Gasteiger partial charge on any atom is -0.495 e. The normalized spacial score (nSPS) is 11.6. The van der Waals surface area contributed by atoms with Gasteiger partial charge >= 0.3 is 0 Å². The maximum Gasteiger partial charge on any atom is 0.246 e. The number of anilines is 1. The first-order valence-corrected chi connectivity index (χ1v) is 9.45. The number of rotatable bonds is 8. The van der Waals surface area contributed by atoms with Crippen LogP contribution in [0, 0.1) is 6.92 Å². The van der Waals surface area contributed by atoms with Gasteiger partial charge in [0.15, 0.2) is 0 Å².